The zero-order valence-corrected chi connectivity index (χ0v) is 13.9. The minimum atomic E-state index is -0.727. The number of aliphatic carboxylic acids is 1. The molecule has 3 rings (SSSR count). The summed E-state index contributed by atoms with van der Waals surface area (Å²) in [6.07, 6.45) is 2.63. The summed E-state index contributed by atoms with van der Waals surface area (Å²) in [5.41, 5.74) is 1.01. The predicted molar refractivity (Wildman–Crippen MR) is 88.9 cm³/mol. The van der Waals surface area contributed by atoms with Gasteiger partial charge in [-0.05, 0) is 38.7 Å². The van der Waals surface area contributed by atoms with E-state index in [1.165, 1.54) is 0 Å². The van der Waals surface area contributed by atoms with Gasteiger partial charge in [0.2, 0.25) is 0 Å². The van der Waals surface area contributed by atoms with Crippen molar-refractivity contribution in [2.45, 2.75) is 51.3 Å². The Morgan fingerprint density at radius 1 is 1.21 bits per heavy atom. The van der Waals surface area contributed by atoms with Crippen LogP contribution in [0.5, 0.6) is 5.75 Å². The van der Waals surface area contributed by atoms with Crippen LogP contribution in [0.15, 0.2) is 24.3 Å². The first-order valence-corrected chi connectivity index (χ1v) is 8.55. The number of carbonyl (C=O) groups excluding carboxylic acids is 1. The average Bonchev–Trinajstić information content (AvgIpc) is 2.73. The molecule has 1 aromatic rings. The van der Waals surface area contributed by atoms with E-state index in [0.29, 0.717) is 25.9 Å². The van der Waals surface area contributed by atoms with E-state index in [9.17, 15) is 9.59 Å². The monoisotopic (exact) mass is 332 g/mol. The largest absolute Gasteiger partial charge is 0.489 e. The first-order valence-electron chi connectivity index (χ1n) is 8.55. The van der Waals surface area contributed by atoms with Gasteiger partial charge in [-0.2, -0.15) is 0 Å². The summed E-state index contributed by atoms with van der Waals surface area (Å²) in [7, 11) is 0. The Bertz CT molecular complexity index is 611. The van der Waals surface area contributed by atoms with Crippen LogP contribution < -0.4 is 10.1 Å². The number of hydrogen-bond donors (Lipinski definition) is 2. The normalized spacial score (nSPS) is 26.7. The van der Waals surface area contributed by atoms with Crippen LogP contribution in [0.25, 0.3) is 0 Å². The number of carboxylic acids is 1. The Morgan fingerprint density at radius 2 is 1.92 bits per heavy atom. The van der Waals surface area contributed by atoms with Gasteiger partial charge in [-0.25, -0.2) is 4.79 Å². The van der Waals surface area contributed by atoms with E-state index in [-0.39, 0.29) is 24.1 Å². The molecule has 130 valence electrons. The molecule has 2 amide bonds. The molecule has 1 atom stereocenters. The van der Waals surface area contributed by atoms with E-state index in [0.717, 1.165) is 24.2 Å². The van der Waals surface area contributed by atoms with Crippen LogP contribution >= 0.6 is 0 Å². The lowest BCUT2D eigenvalue weighted by atomic mass is 9.86. The summed E-state index contributed by atoms with van der Waals surface area (Å²) in [6, 6.07) is 7.75. The number of carboxylic acid groups (broad SMARTS) is 1. The van der Waals surface area contributed by atoms with E-state index in [1.807, 2.05) is 31.2 Å². The van der Waals surface area contributed by atoms with Gasteiger partial charge in [-0.1, -0.05) is 18.2 Å². The van der Waals surface area contributed by atoms with Gasteiger partial charge in [0.1, 0.15) is 11.9 Å². The molecule has 1 aliphatic carbocycles. The molecule has 6 nitrogen and oxygen atoms in total. The molecular formula is C18H24N2O4. The molecule has 1 saturated carbocycles. The molecule has 24 heavy (non-hydrogen) atoms. The van der Waals surface area contributed by atoms with Crippen LogP contribution in [-0.4, -0.2) is 40.7 Å². The zero-order valence-electron chi connectivity index (χ0n) is 13.9. The molecule has 2 aliphatic rings. The third-order valence-corrected chi connectivity index (χ3v) is 4.83. The summed E-state index contributed by atoms with van der Waals surface area (Å²) in [6.45, 7) is 3.02. The third-order valence-electron chi connectivity index (χ3n) is 4.83. The minimum Gasteiger partial charge on any atom is -0.489 e. The molecule has 0 radical (unpaired) electrons. The Kier molecular flexibility index (Phi) is 4.92. The van der Waals surface area contributed by atoms with Gasteiger partial charge in [-0.3, -0.25) is 4.79 Å². The summed E-state index contributed by atoms with van der Waals surface area (Å²) in [4.78, 5) is 25.4. The number of para-hydroxylation sites is 1. The lowest BCUT2D eigenvalue weighted by molar-refractivity contribution is -0.142. The minimum absolute atomic E-state index is 0.0582. The molecule has 2 N–H and O–H groups in total. The van der Waals surface area contributed by atoms with Crippen molar-refractivity contribution in [3.8, 4) is 5.75 Å². The van der Waals surface area contributed by atoms with Gasteiger partial charge in [0, 0.05) is 11.6 Å². The number of hydrogen-bond acceptors (Lipinski definition) is 3. The summed E-state index contributed by atoms with van der Waals surface area (Å²) >= 11 is 0. The van der Waals surface area contributed by atoms with Gasteiger partial charge in [-0.15, -0.1) is 0 Å². The van der Waals surface area contributed by atoms with E-state index >= 15 is 0 Å². The Labute approximate surface area is 141 Å². The molecular weight excluding hydrogens is 308 g/mol. The maximum absolute atomic E-state index is 12.6. The highest BCUT2D eigenvalue weighted by Gasteiger charge is 2.29. The Morgan fingerprint density at radius 3 is 2.62 bits per heavy atom. The standard InChI is InChI=1S/C18H24N2O4/c1-12-10-20(11-14-4-2-3-5-16(14)24-12)18(23)19-15-8-6-13(7-9-15)17(21)22/h2-5,12-13,15H,6-11H2,1H3,(H,19,23)(H,21,22). The van der Waals surface area contributed by atoms with Gasteiger partial charge in [0.05, 0.1) is 19.0 Å². The molecule has 1 heterocycles. The fraction of sp³-hybridized carbons (Fsp3) is 0.556. The molecule has 1 fully saturated rings. The first kappa shape index (κ1) is 16.6. The van der Waals surface area contributed by atoms with E-state index < -0.39 is 5.97 Å². The van der Waals surface area contributed by atoms with E-state index in [1.54, 1.807) is 4.90 Å². The molecule has 1 aromatic carbocycles. The number of fused-ring (bicyclic) bond motifs is 1. The van der Waals surface area contributed by atoms with Crippen molar-refractivity contribution >= 4 is 12.0 Å². The number of benzene rings is 1. The van der Waals surface area contributed by atoms with Crippen molar-refractivity contribution in [2.24, 2.45) is 5.92 Å². The van der Waals surface area contributed by atoms with E-state index in [4.69, 9.17) is 9.84 Å². The number of carbonyl (C=O) groups is 2. The summed E-state index contributed by atoms with van der Waals surface area (Å²) < 4.78 is 5.88. The molecule has 0 spiro atoms. The number of nitrogens with one attached hydrogen (secondary N) is 1. The maximum Gasteiger partial charge on any atom is 0.318 e. The molecule has 0 aromatic heterocycles. The van der Waals surface area contributed by atoms with Crippen molar-refractivity contribution in [3.05, 3.63) is 29.8 Å². The van der Waals surface area contributed by atoms with Crippen LogP contribution in [0.4, 0.5) is 4.79 Å². The Hall–Kier alpha value is -2.24. The van der Waals surface area contributed by atoms with Crippen molar-refractivity contribution < 1.29 is 19.4 Å². The van der Waals surface area contributed by atoms with Gasteiger partial charge in [0.15, 0.2) is 0 Å². The number of amides is 2. The SMILES string of the molecule is CC1CN(C(=O)NC2CCC(C(=O)O)CC2)Cc2ccccc2O1. The average molecular weight is 332 g/mol. The smallest absolute Gasteiger partial charge is 0.318 e. The second-order valence-electron chi connectivity index (χ2n) is 6.75. The Balaban J connectivity index is 1.60. The van der Waals surface area contributed by atoms with Gasteiger partial charge in [0.25, 0.3) is 0 Å². The van der Waals surface area contributed by atoms with Gasteiger partial charge < -0.3 is 20.1 Å². The zero-order chi connectivity index (χ0) is 17.1. The second kappa shape index (κ2) is 7.11. The summed E-state index contributed by atoms with van der Waals surface area (Å²) in [5.74, 6) is -0.159. The molecule has 6 heteroatoms. The second-order valence-corrected chi connectivity index (χ2v) is 6.75. The van der Waals surface area contributed by atoms with Crippen LogP contribution in [-0.2, 0) is 11.3 Å². The lowest BCUT2D eigenvalue weighted by Gasteiger charge is -2.30. The van der Waals surface area contributed by atoms with Crippen molar-refractivity contribution in [1.29, 1.82) is 0 Å². The molecule has 1 unspecified atom stereocenters. The van der Waals surface area contributed by atoms with Crippen LogP contribution in [0.2, 0.25) is 0 Å². The quantitative estimate of drug-likeness (QED) is 0.872. The number of ether oxygens (including phenoxy) is 1. The molecule has 0 bridgehead atoms. The number of nitrogens with zero attached hydrogens (tertiary/aromatic N) is 1. The third kappa shape index (κ3) is 3.80. The van der Waals surface area contributed by atoms with Crippen molar-refractivity contribution in [3.63, 3.8) is 0 Å². The predicted octanol–water partition coefficient (Wildman–Crippen LogP) is 2.62. The lowest BCUT2D eigenvalue weighted by Crippen LogP contribution is -2.47. The van der Waals surface area contributed by atoms with Crippen LogP contribution in [0.3, 0.4) is 0 Å². The highest BCUT2D eigenvalue weighted by atomic mass is 16.5. The molecule has 0 saturated heterocycles. The highest BCUT2D eigenvalue weighted by Crippen LogP contribution is 2.26. The molecule has 1 aliphatic heterocycles. The van der Waals surface area contributed by atoms with Gasteiger partial charge >= 0.3 is 12.0 Å². The topological polar surface area (TPSA) is 78.9 Å². The van der Waals surface area contributed by atoms with E-state index in [2.05, 4.69) is 5.32 Å². The fourth-order valence-corrected chi connectivity index (χ4v) is 3.49. The van der Waals surface area contributed by atoms with Crippen molar-refractivity contribution in [1.82, 2.24) is 10.2 Å². The summed E-state index contributed by atoms with van der Waals surface area (Å²) in [5, 5.41) is 12.1. The fourth-order valence-electron chi connectivity index (χ4n) is 3.49. The van der Waals surface area contributed by atoms with Crippen LogP contribution in [0, 0.1) is 5.92 Å². The first-order chi connectivity index (χ1) is 11.5. The van der Waals surface area contributed by atoms with Crippen molar-refractivity contribution in [2.75, 3.05) is 6.54 Å². The number of rotatable bonds is 2. The number of urea groups is 1. The maximum atomic E-state index is 12.6. The van der Waals surface area contributed by atoms with Crippen LogP contribution in [0.1, 0.15) is 38.2 Å². The highest BCUT2D eigenvalue weighted by molar-refractivity contribution is 5.75.